The van der Waals surface area contributed by atoms with Gasteiger partial charge in [0.15, 0.2) is 5.69 Å². The molecule has 0 unspecified atom stereocenters. The summed E-state index contributed by atoms with van der Waals surface area (Å²) in [7, 11) is 0. The molecule has 0 bridgehead atoms. The Morgan fingerprint density at radius 3 is 1.92 bits per heavy atom. The van der Waals surface area contributed by atoms with Crippen molar-refractivity contribution < 1.29 is 9.47 Å². The predicted octanol–water partition coefficient (Wildman–Crippen LogP) is 4.74. The summed E-state index contributed by atoms with van der Waals surface area (Å²) >= 11 is 0. The summed E-state index contributed by atoms with van der Waals surface area (Å²) in [6, 6.07) is 16.5. The van der Waals surface area contributed by atoms with Crippen LogP contribution in [0.25, 0.3) is 4.85 Å². The Labute approximate surface area is 142 Å². The van der Waals surface area contributed by atoms with Crippen molar-refractivity contribution in [3.63, 3.8) is 0 Å². The SMILES string of the molecule is [C-]#[N+]c1ccc(OCC2(COc3ccc(C#N)cc3)CCC2)cc1. The van der Waals surface area contributed by atoms with Gasteiger partial charge in [0.25, 0.3) is 0 Å². The number of hydrogen-bond acceptors (Lipinski definition) is 3. The van der Waals surface area contributed by atoms with Crippen molar-refractivity contribution in [1.82, 2.24) is 0 Å². The molecule has 4 heteroatoms. The van der Waals surface area contributed by atoms with E-state index in [1.165, 1.54) is 6.42 Å². The van der Waals surface area contributed by atoms with Crippen LogP contribution < -0.4 is 9.47 Å². The number of hydrogen-bond donors (Lipinski definition) is 0. The molecule has 4 nitrogen and oxygen atoms in total. The van der Waals surface area contributed by atoms with E-state index in [-0.39, 0.29) is 5.41 Å². The summed E-state index contributed by atoms with van der Waals surface area (Å²) in [5, 5.41) is 8.82. The molecule has 1 aliphatic carbocycles. The second kappa shape index (κ2) is 7.06. The normalized spacial score (nSPS) is 14.8. The summed E-state index contributed by atoms with van der Waals surface area (Å²) in [5.74, 6) is 1.56. The van der Waals surface area contributed by atoms with Gasteiger partial charge in [0.2, 0.25) is 0 Å². The molecule has 3 rings (SSSR count). The predicted molar refractivity (Wildman–Crippen MR) is 91.1 cm³/mol. The molecule has 1 saturated carbocycles. The van der Waals surface area contributed by atoms with E-state index in [2.05, 4.69) is 10.9 Å². The highest BCUT2D eigenvalue weighted by atomic mass is 16.5. The quantitative estimate of drug-likeness (QED) is 0.723. The van der Waals surface area contributed by atoms with Crippen molar-refractivity contribution in [2.24, 2.45) is 5.41 Å². The fourth-order valence-corrected chi connectivity index (χ4v) is 2.72. The lowest BCUT2D eigenvalue weighted by Crippen LogP contribution is -2.41. The third kappa shape index (κ3) is 3.67. The molecule has 0 aromatic heterocycles. The zero-order valence-corrected chi connectivity index (χ0v) is 13.4. The average Bonchev–Trinajstić information content (AvgIpc) is 2.61. The maximum Gasteiger partial charge on any atom is 0.187 e. The molecule has 0 spiro atoms. The van der Waals surface area contributed by atoms with E-state index < -0.39 is 0 Å². The summed E-state index contributed by atoms with van der Waals surface area (Å²) in [6.07, 6.45) is 3.36. The minimum Gasteiger partial charge on any atom is -0.493 e. The van der Waals surface area contributed by atoms with E-state index in [1.807, 2.05) is 24.3 Å². The molecule has 2 aromatic carbocycles. The molecule has 1 fully saturated rings. The number of ether oxygens (including phenoxy) is 2. The van der Waals surface area contributed by atoms with Gasteiger partial charge in [-0.25, -0.2) is 4.85 Å². The monoisotopic (exact) mass is 318 g/mol. The van der Waals surface area contributed by atoms with Gasteiger partial charge in [0, 0.05) is 5.41 Å². The second-order valence-electron chi connectivity index (χ2n) is 6.17. The molecule has 1 aliphatic rings. The number of benzene rings is 2. The molecule has 0 atom stereocenters. The van der Waals surface area contributed by atoms with Crippen LogP contribution in [-0.2, 0) is 0 Å². The second-order valence-corrected chi connectivity index (χ2v) is 6.17. The molecule has 0 aliphatic heterocycles. The highest BCUT2D eigenvalue weighted by Gasteiger charge is 2.39. The first kappa shape index (κ1) is 15.9. The van der Waals surface area contributed by atoms with Gasteiger partial charge in [0.05, 0.1) is 31.4 Å². The van der Waals surface area contributed by atoms with Gasteiger partial charge in [-0.15, -0.1) is 0 Å². The smallest absolute Gasteiger partial charge is 0.187 e. The van der Waals surface area contributed by atoms with E-state index >= 15 is 0 Å². The van der Waals surface area contributed by atoms with E-state index in [0.29, 0.717) is 24.5 Å². The molecule has 0 N–H and O–H groups in total. The molecule has 0 radical (unpaired) electrons. The van der Waals surface area contributed by atoms with Crippen molar-refractivity contribution in [3.05, 3.63) is 65.5 Å². The summed E-state index contributed by atoms with van der Waals surface area (Å²) in [5.41, 5.74) is 1.29. The molecule has 0 heterocycles. The fraction of sp³-hybridized carbons (Fsp3) is 0.300. The first-order chi connectivity index (χ1) is 11.7. The first-order valence-corrected chi connectivity index (χ1v) is 7.96. The van der Waals surface area contributed by atoms with Gasteiger partial charge >= 0.3 is 0 Å². The Balaban J connectivity index is 1.55. The minimum absolute atomic E-state index is 0.0480. The number of rotatable bonds is 6. The van der Waals surface area contributed by atoms with Crippen molar-refractivity contribution in [2.45, 2.75) is 19.3 Å². The lowest BCUT2D eigenvalue weighted by atomic mass is 9.70. The van der Waals surface area contributed by atoms with Crippen LogP contribution in [0.15, 0.2) is 48.5 Å². The van der Waals surface area contributed by atoms with E-state index in [9.17, 15) is 0 Å². The van der Waals surface area contributed by atoms with E-state index in [4.69, 9.17) is 21.3 Å². The van der Waals surface area contributed by atoms with Gasteiger partial charge in [-0.2, -0.15) is 5.26 Å². The van der Waals surface area contributed by atoms with Crippen molar-refractivity contribution in [1.29, 1.82) is 5.26 Å². The molecular formula is C20H18N2O2. The lowest BCUT2D eigenvalue weighted by Gasteiger charge is -2.41. The summed E-state index contributed by atoms with van der Waals surface area (Å²) < 4.78 is 11.8. The summed E-state index contributed by atoms with van der Waals surface area (Å²) in [4.78, 5) is 3.38. The van der Waals surface area contributed by atoms with Crippen molar-refractivity contribution >= 4 is 5.69 Å². The van der Waals surface area contributed by atoms with Crippen LogP contribution >= 0.6 is 0 Å². The van der Waals surface area contributed by atoms with Crippen molar-refractivity contribution in [3.8, 4) is 17.6 Å². The van der Waals surface area contributed by atoms with Crippen LogP contribution in [0.1, 0.15) is 24.8 Å². The molecule has 2 aromatic rings. The Morgan fingerprint density at radius 2 is 1.50 bits per heavy atom. The van der Waals surface area contributed by atoms with E-state index in [0.717, 1.165) is 24.3 Å². The molecule has 0 amide bonds. The molecule has 120 valence electrons. The minimum atomic E-state index is 0.0480. The largest absolute Gasteiger partial charge is 0.493 e. The third-order valence-corrected chi connectivity index (χ3v) is 4.45. The highest BCUT2D eigenvalue weighted by Crippen LogP contribution is 2.41. The fourth-order valence-electron chi connectivity index (χ4n) is 2.72. The number of nitriles is 1. The van der Waals surface area contributed by atoms with Crippen LogP contribution in [0.3, 0.4) is 0 Å². The van der Waals surface area contributed by atoms with Crippen LogP contribution in [0.2, 0.25) is 0 Å². The van der Waals surface area contributed by atoms with Gasteiger partial charge in [-0.3, -0.25) is 0 Å². The highest BCUT2D eigenvalue weighted by molar-refractivity contribution is 5.47. The molecule has 0 saturated heterocycles. The maximum absolute atomic E-state index is 8.82. The lowest BCUT2D eigenvalue weighted by molar-refractivity contribution is 0.00976. The standard InChI is InChI=1S/C20H18N2O2/c1-22-17-5-9-19(10-6-17)24-15-20(11-2-12-20)14-23-18-7-3-16(13-21)4-8-18/h3-10H,2,11-12,14-15H2. The molecular weight excluding hydrogens is 300 g/mol. The van der Waals surface area contributed by atoms with Gasteiger partial charge < -0.3 is 9.47 Å². The maximum atomic E-state index is 8.82. The average molecular weight is 318 g/mol. The van der Waals surface area contributed by atoms with Crippen LogP contribution in [0.4, 0.5) is 5.69 Å². The van der Waals surface area contributed by atoms with E-state index in [1.54, 1.807) is 24.3 Å². The summed E-state index contributed by atoms with van der Waals surface area (Å²) in [6.45, 7) is 8.19. The van der Waals surface area contributed by atoms with Crippen LogP contribution in [0.5, 0.6) is 11.5 Å². The third-order valence-electron chi connectivity index (χ3n) is 4.45. The zero-order chi connectivity index (χ0) is 16.8. The molecule has 24 heavy (non-hydrogen) atoms. The Bertz CT molecular complexity index is 700. The van der Waals surface area contributed by atoms with Crippen LogP contribution in [0, 0.1) is 23.3 Å². The number of nitrogens with zero attached hydrogens (tertiary/aromatic N) is 2. The Kier molecular flexibility index (Phi) is 4.68. The van der Waals surface area contributed by atoms with Crippen molar-refractivity contribution in [2.75, 3.05) is 13.2 Å². The van der Waals surface area contributed by atoms with Gasteiger partial charge in [-0.1, -0.05) is 18.6 Å². The topological polar surface area (TPSA) is 46.6 Å². The first-order valence-electron chi connectivity index (χ1n) is 7.96. The Hall–Kier alpha value is -2.98. The zero-order valence-electron chi connectivity index (χ0n) is 13.4. The Morgan fingerprint density at radius 1 is 0.958 bits per heavy atom. The van der Waals surface area contributed by atoms with Crippen LogP contribution in [-0.4, -0.2) is 13.2 Å². The van der Waals surface area contributed by atoms with Gasteiger partial charge in [0.1, 0.15) is 11.5 Å². The van der Waals surface area contributed by atoms with Gasteiger partial charge in [-0.05, 0) is 49.2 Å².